The third-order valence-corrected chi connectivity index (χ3v) is 42.2. The van der Waals surface area contributed by atoms with Crippen molar-refractivity contribution in [2.45, 2.75) is 129 Å². The lowest BCUT2D eigenvalue weighted by Gasteiger charge is -2.56. The Labute approximate surface area is 257 Å². The van der Waals surface area contributed by atoms with Crippen LogP contribution in [0.5, 0.6) is 0 Å². The number of carbonyl (C=O) groups excluding carboxylic acids is 1. The fourth-order valence-electron chi connectivity index (χ4n) is 5.24. The van der Waals surface area contributed by atoms with Gasteiger partial charge in [-0.2, -0.15) is 0 Å². The molecule has 0 aliphatic carbocycles. The molecule has 0 amide bonds. The average molecular weight is 719 g/mol. The van der Waals surface area contributed by atoms with Crippen molar-refractivity contribution in [2.24, 2.45) is 0 Å². The molecule has 8 nitrogen and oxygen atoms in total. The van der Waals surface area contributed by atoms with Crippen molar-refractivity contribution in [2.75, 3.05) is 0 Å². The summed E-state index contributed by atoms with van der Waals surface area (Å²) >= 11 is 0. The van der Waals surface area contributed by atoms with Gasteiger partial charge in [-0.1, -0.05) is 6.58 Å². The van der Waals surface area contributed by atoms with Crippen molar-refractivity contribution in [3.63, 3.8) is 0 Å². The third-order valence-electron chi connectivity index (χ3n) is 5.70. The summed E-state index contributed by atoms with van der Waals surface area (Å²) in [6.07, 6.45) is 0. The van der Waals surface area contributed by atoms with E-state index < -0.39 is 87.3 Å². The number of hydrogen-bond donors (Lipinski definition) is 0. The Hall–Kier alpha value is 0.922. The van der Waals surface area contributed by atoms with Gasteiger partial charge in [0.2, 0.25) is 0 Å². The molecule has 0 aromatic carbocycles. The smallest absolute Gasteiger partial charge is 0.455 e. The number of carbonyl (C=O) groups is 1. The van der Waals surface area contributed by atoms with Gasteiger partial charge in [0.1, 0.15) is 0 Å². The van der Waals surface area contributed by atoms with Gasteiger partial charge in [0.05, 0.1) is 4.28 Å². The molecule has 0 saturated heterocycles. The second-order valence-electron chi connectivity index (χ2n) is 16.6. The lowest BCUT2D eigenvalue weighted by molar-refractivity contribution is -0.138. The van der Waals surface area contributed by atoms with Crippen LogP contribution in [0, 0.1) is 0 Å². The van der Waals surface area contributed by atoms with Crippen LogP contribution in [-0.4, -0.2) is 83.0 Å². The van der Waals surface area contributed by atoms with Crippen molar-refractivity contribution >= 4 is 83.0 Å². The minimum atomic E-state index is -3.72. The summed E-state index contributed by atoms with van der Waals surface area (Å²) in [6.45, 7) is 44.4. The highest BCUT2D eigenvalue weighted by Crippen LogP contribution is 2.54. The van der Waals surface area contributed by atoms with E-state index in [2.05, 4.69) is 131 Å². The molecule has 0 aromatic rings. The molecule has 0 N–H and O–H groups in total. The van der Waals surface area contributed by atoms with E-state index in [4.69, 9.17) is 24.7 Å². The summed E-state index contributed by atoms with van der Waals surface area (Å²) in [4.78, 5) is 12.8. The maximum Gasteiger partial charge on any atom is 0.636 e. The van der Waals surface area contributed by atoms with Gasteiger partial charge in [-0.05, 0) is 124 Å². The quantitative estimate of drug-likeness (QED) is 0.119. The molecule has 0 atom stereocenters. The molecule has 40 heavy (non-hydrogen) atoms. The summed E-state index contributed by atoms with van der Waals surface area (Å²) < 4.78 is 40.6. The molecule has 0 aliphatic heterocycles. The van der Waals surface area contributed by atoms with E-state index in [1.54, 1.807) is 0 Å². The first-order valence-electron chi connectivity index (χ1n) is 14.1. The SMILES string of the molecule is C=C(C([O])=O)C([SiH2]O[Si](O[Si](C)(C)C)(O[Si](C)(C)C)O[Si](C)(C)C)([Si](C)(C)O[Si](C)(C)C)[Si](C)(C)O[Si](C)(C)C. The molecule has 0 saturated carbocycles. The summed E-state index contributed by atoms with van der Waals surface area (Å²) in [6, 6.07) is 0. The topological polar surface area (TPSA) is 92.4 Å². The molecular formula is C23H61O8Si9. The minimum Gasteiger partial charge on any atom is -0.455 e. The van der Waals surface area contributed by atoms with Crippen LogP contribution in [0.1, 0.15) is 0 Å². The summed E-state index contributed by atoms with van der Waals surface area (Å²) in [5.41, 5.74) is 0.0425. The van der Waals surface area contributed by atoms with Gasteiger partial charge in [0.15, 0.2) is 68.0 Å². The summed E-state index contributed by atoms with van der Waals surface area (Å²) in [5, 5.41) is 12.8. The highest BCUT2D eigenvalue weighted by Gasteiger charge is 2.67. The fraction of sp³-hybridized carbons (Fsp3) is 0.870. The molecule has 0 rings (SSSR count). The normalized spacial score (nSPS) is 15.7. The molecule has 0 aliphatic rings. The Morgan fingerprint density at radius 3 is 0.975 bits per heavy atom. The third kappa shape index (κ3) is 12.9. The molecule has 0 aromatic heterocycles. The Bertz CT molecular complexity index is 824. The van der Waals surface area contributed by atoms with E-state index >= 15 is 0 Å². The van der Waals surface area contributed by atoms with Crippen molar-refractivity contribution in [3.05, 3.63) is 12.2 Å². The van der Waals surface area contributed by atoms with Gasteiger partial charge in [0.25, 0.3) is 0 Å². The van der Waals surface area contributed by atoms with Gasteiger partial charge in [-0.3, -0.25) is 0 Å². The van der Waals surface area contributed by atoms with E-state index in [0.29, 0.717) is 0 Å². The molecule has 17 heteroatoms. The molecule has 0 heterocycles. The fourth-order valence-corrected chi connectivity index (χ4v) is 47.4. The average Bonchev–Trinajstić information content (AvgIpc) is 2.51. The van der Waals surface area contributed by atoms with E-state index in [1.807, 2.05) is 0 Å². The van der Waals surface area contributed by atoms with Crippen molar-refractivity contribution in [1.29, 1.82) is 0 Å². The maximum absolute atomic E-state index is 12.8. The highest BCUT2D eigenvalue weighted by atomic mass is 28.5. The van der Waals surface area contributed by atoms with Crippen LogP contribution in [-0.2, 0) is 34.6 Å². The van der Waals surface area contributed by atoms with Crippen LogP contribution < -0.4 is 0 Å². The lowest BCUT2D eigenvalue weighted by atomic mass is 10.3. The van der Waals surface area contributed by atoms with E-state index in [1.165, 1.54) is 0 Å². The zero-order valence-corrected chi connectivity index (χ0v) is 38.6. The van der Waals surface area contributed by atoms with Crippen LogP contribution in [0.4, 0.5) is 0 Å². The highest BCUT2D eigenvalue weighted by molar-refractivity contribution is 7.09. The maximum atomic E-state index is 12.8. The zero-order valence-electron chi connectivity index (χ0n) is 29.2. The zero-order chi connectivity index (χ0) is 32.6. The Balaban J connectivity index is 7.66. The first-order chi connectivity index (χ1) is 17.1. The van der Waals surface area contributed by atoms with Gasteiger partial charge in [-0.15, -0.1) is 0 Å². The number of hydrogen-bond acceptors (Lipinski definition) is 7. The largest absolute Gasteiger partial charge is 0.636 e. The minimum absolute atomic E-state index is 0.0425. The van der Waals surface area contributed by atoms with E-state index in [0.717, 1.165) is 0 Å². The number of rotatable bonds is 17. The first-order valence-corrected chi connectivity index (χ1v) is 39.9. The predicted molar refractivity (Wildman–Crippen MR) is 190 cm³/mol. The van der Waals surface area contributed by atoms with Crippen molar-refractivity contribution in [1.82, 2.24) is 0 Å². The second-order valence-corrected chi connectivity index (χ2v) is 54.9. The van der Waals surface area contributed by atoms with E-state index in [9.17, 15) is 9.90 Å². The molecule has 0 spiro atoms. The Kier molecular flexibility index (Phi) is 13.4. The predicted octanol–water partition coefficient (Wildman–Crippen LogP) is 6.94. The van der Waals surface area contributed by atoms with E-state index in [-0.39, 0.29) is 5.57 Å². The van der Waals surface area contributed by atoms with Gasteiger partial charge >= 0.3 is 15.0 Å². The molecule has 0 bridgehead atoms. The summed E-state index contributed by atoms with van der Waals surface area (Å²) in [5.74, 6) is -1.27. The second kappa shape index (κ2) is 13.1. The standard InChI is InChI=1S/C23H61O8Si9/c1-21(22(24)25)23(38(17,18)27-33(2,3)4,39(19,20)28-34(5,6)7)32-26-40(29-35(8,9)10,30-36(11,12)13)31-37(14,15)16/h1,32H2,2-20H3. The van der Waals surface area contributed by atoms with Crippen LogP contribution in [0.25, 0.3) is 0 Å². The Morgan fingerprint density at radius 1 is 0.525 bits per heavy atom. The summed E-state index contributed by atoms with van der Waals surface area (Å²) in [7, 11) is -22.4. The van der Waals surface area contributed by atoms with Gasteiger partial charge in [0, 0.05) is 5.57 Å². The Morgan fingerprint density at radius 2 is 0.775 bits per heavy atom. The van der Waals surface area contributed by atoms with Crippen molar-refractivity contribution < 1.29 is 34.6 Å². The molecule has 0 unspecified atom stereocenters. The van der Waals surface area contributed by atoms with Gasteiger partial charge in [-0.25, -0.2) is 9.90 Å². The molecular weight excluding hydrogens is 657 g/mol. The molecule has 1 radical (unpaired) electrons. The monoisotopic (exact) mass is 717 g/mol. The molecule has 237 valence electrons. The van der Waals surface area contributed by atoms with Crippen LogP contribution in [0.2, 0.25) is 129 Å². The molecule has 0 fully saturated rings. The van der Waals surface area contributed by atoms with Crippen LogP contribution >= 0.6 is 0 Å². The van der Waals surface area contributed by atoms with Crippen LogP contribution in [0.3, 0.4) is 0 Å². The van der Waals surface area contributed by atoms with Crippen LogP contribution in [0.15, 0.2) is 12.2 Å². The lowest BCUT2D eigenvalue weighted by Crippen LogP contribution is -2.71. The van der Waals surface area contributed by atoms with Crippen molar-refractivity contribution in [3.8, 4) is 0 Å². The first kappa shape index (κ1) is 40.9. The van der Waals surface area contributed by atoms with Gasteiger partial charge < -0.3 is 24.7 Å².